The van der Waals surface area contributed by atoms with Gasteiger partial charge in [0.2, 0.25) is 11.7 Å². The molecule has 0 unspecified atom stereocenters. The van der Waals surface area contributed by atoms with Crippen LogP contribution < -0.4 is 20.1 Å². The molecule has 1 aromatic heterocycles. The quantitative estimate of drug-likeness (QED) is 0.274. The standard InChI is InChI=1S/C21H22ClN5O3.HI/c1-23-21(25-16-6-7-17-18(13-16)29-11-3-10-28-17)24-9-8-19-26-20(27-30-19)14-4-2-5-15(22)12-14;/h2,4-7,12-13H,3,8-11H2,1H3,(H2,23,24,25);1H. The monoisotopic (exact) mass is 555 g/mol. The first kappa shape index (κ1) is 23.1. The van der Waals surface area contributed by atoms with Crippen LogP contribution in [0.15, 0.2) is 52.0 Å². The maximum Gasteiger partial charge on any atom is 0.228 e. The Balaban J connectivity index is 0.00000272. The summed E-state index contributed by atoms with van der Waals surface area (Å²) < 4.78 is 16.7. The van der Waals surface area contributed by atoms with Crippen LogP contribution in [0.25, 0.3) is 11.4 Å². The number of anilines is 1. The fraction of sp³-hybridized carbons (Fsp3) is 0.286. The van der Waals surface area contributed by atoms with Gasteiger partial charge in [-0.3, -0.25) is 4.99 Å². The van der Waals surface area contributed by atoms with Crippen LogP contribution in [0, 0.1) is 0 Å². The Labute approximate surface area is 202 Å². The van der Waals surface area contributed by atoms with Crippen molar-refractivity contribution in [2.24, 2.45) is 4.99 Å². The number of fused-ring (bicyclic) bond motifs is 1. The van der Waals surface area contributed by atoms with Gasteiger partial charge in [-0.25, -0.2) is 0 Å². The van der Waals surface area contributed by atoms with Crippen LogP contribution in [0.4, 0.5) is 5.69 Å². The minimum absolute atomic E-state index is 0. The molecule has 1 aliphatic rings. The minimum atomic E-state index is 0. The topological polar surface area (TPSA) is 93.8 Å². The first-order chi connectivity index (χ1) is 14.7. The molecule has 3 aromatic rings. The average molecular weight is 556 g/mol. The van der Waals surface area contributed by atoms with E-state index < -0.39 is 0 Å². The molecule has 10 heteroatoms. The summed E-state index contributed by atoms with van der Waals surface area (Å²) >= 11 is 6.02. The third-order valence-electron chi connectivity index (χ3n) is 4.42. The molecule has 0 radical (unpaired) electrons. The van der Waals surface area contributed by atoms with Crippen molar-refractivity contribution < 1.29 is 14.0 Å². The van der Waals surface area contributed by atoms with E-state index in [0.717, 1.165) is 29.2 Å². The molecule has 0 saturated carbocycles. The summed E-state index contributed by atoms with van der Waals surface area (Å²) in [5.74, 6) is 3.16. The fourth-order valence-electron chi connectivity index (χ4n) is 2.95. The second kappa shape index (κ2) is 11.2. The highest BCUT2D eigenvalue weighted by Gasteiger charge is 2.12. The van der Waals surface area contributed by atoms with Gasteiger partial charge in [0.05, 0.1) is 13.2 Å². The summed E-state index contributed by atoms with van der Waals surface area (Å²) in [6.07, 6.45) is 1.42. The van der Waals surface area contributed by atoms with Gasteiger partial charge < -0.3 is 24.6 Å². The van der Waals surface area contributed by atoms with Crippen molar-refractivity contribution in [3.05, 3.63) is 53.4 Å². The molecule has 164 valence electrons. The van der Waals surface area contributed by atoms with Crippen LogP contribution in [0.3, 0.4) is 0 Å². The molecule has 0 amide bonds. The Morgan fingerprint density at radius 2 is 1.97 bits per heavy atom. The molecule has 8 nitrogen and oxygen atoms in total. The average Bonchev–Trinajstić information content (AvgIpc) is 3.10. The van der Waals surface area contributed by atoms with Gasteiger partial charge in [0.15, 0.2) is 17.5 Å². The van der Waals surface area contributed by atoms with Crippen molar-refractivity contribution in [2.45, 2.75) is 12.8 Å². The predicted molar refractivity (Wildman–Crippen MR) is 131 cm³/mol. The number of aliphatic imine (C=N–C) groups is 1. The number of rotatable bonds is 5. The predicted octanol–water partition coefficient (Wildman–Crippen LogP) is 4.40. The number of ether oxygens (including phenoxy) is 2. The molecule has 4 rings (SSSR count). The Morgan fingerprint density at radius 1 is 1.13 bits per heavy atom. The molecule has 0 saturated heterocycles. The number of nitrogens with zero attached hydrogens (tertiary/aromatic N) is 3. The largest absolute Gasteiger partial charge is 0.490 e. The SMILES string of the molecule is CN=C(NCCc1nc(-c2cccc(Cl)c2)no1)Nc1ccc2c(c1)OCCCO2.I. The van der Waals surface area contributed by atoms with Crippen LogP contribution in [0.1, 0.15) is 12.3 Å². The van der Waals surface area contributed by atoms with Crippen molar-refractivity contribution >= 4 is 47.2 Å². The van der Waals surface area contributed by atoms with Gasteiger partial charge in [0.25, 0.3) is 0 Å². The molecule has 31 heavy (non-hydrogen) atoms. The van der Waals surface area contributed by atoms with Crippen LogP contribution in [0.2, 0.25) is 5.02 Å². The third-order valence-corrected chi connectivity index (χ3v) is 4.65. The van der Waals surface area contributed by atoms with Gasteiger partial charge in [-0.2, -0.15) is 4.98 Å². The highest BCUT2D eigenvalue weighted by atomic mass is 127. The van der Waals surface area contributed by atoms with Gasteiger partial charge in [0.1, 0.15) is 0 Å². The van der Waals surface area contributed by atoms with Crippen LogP contribution in [0.5, 0.6) is 11.5 Å². The molecule has 0 aliphatic carbocycles. The normalized spacial score (nSPS) is 13.2. The summed E-state index contributed by atoms with van der Waals surface area (Å²) in [5.41, 5.74) is 1.67. The Hall–Kier alpha value is -2.53. The zero-order chi connectivity index (χ0) is 20.8. The van der Waals surface area contributed by atoms with Crippen molar-refractivity contribution in [3.63, 3.8) is 0 Å². The van der Waals surface area contributed by atoms with E-state index >= 15 is 0 Å². The van der Waals surface area contributed by atoms with Crippen molar-refractivity contribution in [3.8, 4) is 22.9 Å². The minimum Gasteiger partial charge on any atom is -0.490 e. The number of hydrogen-bond acceptors (Lipinski definition) is 6. The summed E-state index contributed by atoms with van der Waals surface area (Å²) in [7, 11) is 1.71. The summed E-state index contributed by atoms with van der Waals surface area (Å²) in [6, 6.07) is 13.1. The lowest BCUT2D eigenvalue weighted by Gasteiger charge is -2.13. The van der Waals surface area contributed by atoms with Gasteiger partial charge in [0, 0.05) is 48.8 Å². The highest BCUT2D eigenvalue weighted by molar-refractivity contribution is 14.0. The van der Waals surface area contributed by atoms with E-state index in [1.54, 1.807) is 19.2 Å². The number of aromatic nitrogens is 2. The highest BCUT2D eigenvalue weighted by Crippen LogP contribution is 2.32. The Morgan fingerprint density at radius 3 is 2.77 bits per heavy atom. The molecule has 0 atom stereocenters. The molecule has 2 aromatic carbocycles. The first-order valence-corrected chi connectivity index (χ1v) is 10.0. The van der Waals surface area contributed by atoms with Crippen LogP contribution in [-0.4, -0.2) is 42.9 Å². The van der Waals surface area contributed by atoms with Crippen LogP contribution in [-0.2, 0) is 6.42 Å². The van der Waals surface area contributed by atoms with Crippen molar-refractivity contribution in [2.75, 3.05) is 32.1 Å². The molecular weight excluding hydrogens is 533 g/mol. The zero-order valence-electron chi connectivity index (χ0n) is 16.9. The Kier molecular flexibility index (Phi) is 8.35. The van der Waals surface area contributed by atoms with Crippen molar-refractivity contribution in [1.29, 1.82) is 0 Å². The molecule has 2 N–H and O–H groups in total. The summed E-state index contributed by atoms with van der Waals surface area (Å²) in [5, 5.41) is 11.1. The number of halogens is 2. The molecule has 0 bridgehead atoms. The first-order valence-electron chi connectivity index (χ1n) is 9.67. The van der Waals surface area contributed by atoms with E-state index in [2.05, 4.69) is 25.8 Å². The van der Waals surface area contributed by atoms with E-state index in [9.17, 15) is 0 Å². The smallest absolute Gasteiger partial charge is 0.228 e. The fourth-order valence-corrected chi connectivity index (χ4v) is 3.14. The van der Waals surface area contributed by atoms with Gasteiger partial charge in [-0.15, -0.1) is 24.0 Å². The number of hydrogen-bond donors (Lipinski definition) is 2. The third kappa shape index (κ3) is 6.23. The van der Waals surface area contributed by atoms with Crippen molar-refractivity contribution in [1.82, 2.24) is 15.5 Å². The molecule has 0 spiro atoms. The van der Waals surface area contributed by atoms with E-state index in [0.29, 0.717) is 48.9 Å². The van der Waals surface area contributed by atoms with Gasteiger partial charge in [-0.05, 0) is 24.3 Å². The van der Waals surface area contributed by atoms with Gasteiger partial charge in [-0.1, -0.05) is 28.9 Å². The van der Waals surface area contributed by atoms with Gasteiger partial charge >= 0.3 is 0 Å². The van der Waals surface area contributed by atoms with E-state index in [1.165, 1.54) is 0 Å². The number of guanidine groups is 1. The van der Waals surface area contributed by atoms with Crippen LogP contribution >= 0.6 is 35.6 Å². The summed E-state index contributed by atoms with van der Waals surface area (Å²) in [6.45, 7) is 1.88. The second-order valence-electron chi connectivity index (χ2n) is 6.61. The molecule has 0 fully saturated rings. The maximum atomic E-state index is 6.02. The number of benzene rings is 2. The number of nitrogens with one attached hydrogen (secondary N) is 2. The van der Waals surface area contributed by atoms with E-state index in [1.807, 2.05) is 30.3 Å². The lowest BCUT2D eigenvalue weighted by Crippen LogP contribution is -2.32. The molecule has 2 heterocycles. The maximum absolute atomic E-state index is 6.02. The molecule has 1 aliphatic heterocycles. The lowest BCUT2D eigenvalue weighted by molar-refractivity contribution is 0.297. The van der Waals surface area contributed by atoms with E-state index in [4.69, 9.17) is 25.6 Å². The van der Waals surface area contributed by atoms with E-state index in [-0.39, 0.29) is 24.0 Å². The molecular formula is C21H23ClIN5O3. The lowest BCUT2D eigenvalue weighted by atomic mass is 10.2. The Bertz CT molecular complexity index is 1040. The zero-order valence-corrected chi connectivity index (χ0v) is 20.0. The second-order valence-corrected chi connectivity index (χ2v) is 7.04. The summed E-state index contributed by atoms with van der Waals surface area (Å²) in [4.78, 5) is 8.67.